The van der Waals surface area contributed by atoms with Crippen molar-refractivity contribution in [3.05, 3.63) is 76.5 Å². The van der Waals surface area contributed by atoms with Crippen LogP contribution in [-0.2, 0) is 0 Å². The lowest BCUT2D eigenvalue weighted by Gasteiger charge is -2.30. The Morgan fingerprint density at radius 1 is 1.24 bits per heavy atom. The minimum atomic E-state index is -1.51. The number of nitrogens with zero attached hydrogens (tertiary/aromatic N) is 3. The maximum Gasteiger partial charge on any atom is 0.123 e. The lowest BCUT2D eigenvalue weighted by atomic mass is 9.87. The summed E-state index contributed by atoms with van der Waals surface area (Å²) >= 11 is 6.71. The fraction of sp³-hybridized carbons (Fsp3) is 0.357. The summed E-state index contributed by atoms with van der Waals surface area (Å²) in [6, 6.07) is 10.6. The van der Waals surface area contributed by atoms with Gasteiger partial charge in [0.15, 0.2) is 0 Å². The maximum absolute atomic E-state index is 13.8. The van der Waals surface area contributed by atoms with Crippen LogP contribution in [0.15, 0.2) is 54.5 Å². The number of pyridine rings is 1. The van der Waals surface area contributed by atoms with Crippen LogP contribution in [0.2, 0.25) is 5.02 Å². The molecule has 2 heterocycles. The van der Waals surface area contributed by atoms with Crippen LogP contribution in [0.5, 0.6) is 0 Å². The molecule has 2 aromatic carbocycles. The van der Waals surface area contributed by atoms with Crippen molar-refractivity contribution in [3.63, 3.8) is 0 Å². The highest BCUT2D eigenvalue weighted by Gasteiger charge is 2.32. The molecule has 7 nitrogen and oxygen atoms in total. The van der Waals surface area contributed by atoms with Crippen LogP contribution < -0.4 is 21.6 Å². The number of rotatable bonds is 7. The molecule has 1 aromatic heterocycles. The molecule has 5 rings (SSSR count). The molecule has 4 N–H and O–H groups in total. The molecule has 9 heteroatoms. The molecule has 3 aromatic rings. The number of anilines is 2. The van der Waals surface area contributed by atoms with Gasteiger partial charge in [-0.15, -0.1) is 5.53 Å². The quantitative estimate of drug-likeness (QED) is 0.294. The lowest BCUT2D eigenvalue weighted by Crippen LogP contribution is -2.38. The first-order valence-electron chi connectivity index (χ1n) is 12.8. The van der Waals surface area contributed by atoms with E-state index in [1.54, 1.807) is 18.2 Å². The average molecular weight is 521 g/mol. The van der Waals surface area contributed by atoms with Gasteiger partial charge in [0.05, 0.1) is 34.9 Å². The van der Waals surface area contributed by atoms with Crippen LogP contribution in [-0.4, -0.2) is 22.1 Å². The van der Waals surface area contributed by atoms with Crippen LogP contribution in [0.25, 0.3) is 10.9 Å². The lowest BCUT2D eigenvalue weighted by molar-refractivity contribution is 0.260. The molecular weight excluding hydrogens is 489 g/mol. The van der Waals surface area contributed by atoms with Crippen molar-refractivity contribution in [1.29, 1.82) is 5.26 Å². The second-order valence-electron chi connectivity index (χ2n) is 10.7. The summed E-state index contributed by atoms with van der Waals surface area (Å²) < 4.78 is 23.4. The second kappa shape index (κ2) is 9.73. The van der Waals surface area contributed by atoms with Crippen molar-refractivity contribution in [2.75, 3.05) is 10.6 Å². The van der Waals surface area contributed by atoms with Gasteiger partial charge in [-0.3, -0.25) is 9.99 Å². The van der Waals surface area contributed by atoms with E-state index in [0.717, 1.165) is 12.8 Å². The molecule has 0 spiro atoms. The second-order valence-corrected chi connectivity index (χ2v) is 11.1. The van der Waals surface area contributed by atoms with Crippen molar-refractivity contribution < 1.29 is 5.76 Å². The van der Waals surface area contributed by atoms with E-state index < -0.39 is 6.02 Å². The van der Waals surface area contributed by atoms with E-state index in [1.165, 1.54) is 18.3 Å². The van der Waals surface area contributed by atoms with Crippen molar-refractivity contribution in [2.45, 2.75) is 58.6 Å². The minimum absolute atomic E-state index is 0.0393. The fourth-order valence-electron chi connectivity index (χ4n) is 4.07. The Bertz CT molecular complexity index is 1440. The van der Waals surface area contributed by atoms with E-state index >= 15 is 0 Å². The fourth-order valence-corrected chi connectivity index (χ4v) is 4.33. The molecule has 0 saturated heterocycles. The standard InChI is InChI=1S/C28H31ClFN7/c1-16(28(2,3)4)33-25-18(13-31)14-32-27-22(25)11-20(12-23(27)29)34-26(17-5-7-19(30)8-6-17)24-15-37(36-35-24)21-9-10-21/h5-8,11-12,14-16,21,26,34-36H,9-10H2,1-4H3,(H,32,33)/t16-,26?/m1/s1/i26D. The summed E-state index contributed by atoms with van der Waals surface area (Å²) in [4.78, 5) is 4.45. The molecule has 1 aliphatic heterocycles. The van der Waals surface area contributed by atoms with E-state index in [9.17, 15) is 11.0 Å². The third-order valence-corrected chi connectivity index (χ3v) is 7.19. The van der Waals surface area contributed by atoms with Crippen molar-refractivity contribution in [3.8, 4) is 6.07 Å². The highest BCUT2D eigenvalue weighted by Crippen LogP contribution is 2.37. The monoisotopic (exact) mass is 520 g/mol. The van der Waals surface area contributed by atoms with E-state index in [1.807, 2.05) is 17.3 Å². The zero-order valence-electron chi connectivity index (χ0n) is 22.3. The first-order valence-corrected chi connectivity index (χ1v) is 12.7. The van der Waals surface area contributed by atoms with Gasteiger partial charge in [0, 0.05) is 35.6 Å². The Morgan fingerprint density at radius 3 is 2.62 bits per heavy atom. The zero-order valence-corrected chi connectivity index (χ0v) is 22.0. The maximum atomic E-state index is 13.8. The highest BCUT2D eigenvalue weighted by atomic mass is 35.5. The Labute approximate surface area is 223 Å². The molecule has 2 atom stereocenters. The molecule has 1 saturated carbocycles. The number of aromatic nitrogens is 1. The molecule has 1 fully saturated rings. The summed E-state index contributed by atoms with van der Waals surface area (Å²) in [5.74, 6) is -0.380. The van der Waals surface area contributed by atoms with Crippen molar-refractivity contribution in [2.24, 2.45) is 5.41 Å². The van der Waals surface area contributed by atoms with E-state index in [2.05, 4.69) is 60.3 Å². The highest BCUT2D eigenvalue weighted by molar-refractivity contribution is 6.35. The first kappa shape index (κ1) is 23.8. The SMILES string of the molecule is [2H]C(Nc1cc(Cl)c2ncc(C#N)c(N[C@H](C)C(C)(C)C)c2c1)(C1=CN(C2CC2)NN1)c1ccc(F)cc1. The Morgan fingerprint density at radius 2 is 1.97 bits per heavy atom. The number of hydrogen-bond acceptors (Lipinski definition) is 7. The molecular formula is C28H31ClFN7. The Kier molecular flexibility index (Phi) is 6.27. The Hall–Kier alpha value is -3.54. The van der Waals surface area contributed by atoms with Crippen LogP contribution in [0.3, 0.4) is 0 Å². The number of nitriles is 1. The largest absolute Gasteiger partial charge is 0.380 e. The number of benzene rings is 2. The van der Waals surface area contributed by atoms with E-state index in [-0.39, 0.29) is 17.3 Å². The normalized spacial score (nSPS) is 18.4. The van der Waals surface area contributed by atoms with Gasteiger partial charge in [-0.25, -0.2) is 4.39 Å². The summed E-state index contributed by atoms with van der Waals surface area (Å²) in [7, 11) is 0. The number of hydrogen-bond donors (Lipinski definition) is 4. The third-order valence-electron chi connectivity index (χ3n) is 6.90. The van der Waals surface area contributed by atoms with Crippen molar-refractivity contribution >= 4 is 33.9 Å². The molecule has 1 aliphatic carbocycles. The van der Waals surface area contributed by atoms with Gasteiger partial charge in [0.2, 0.25) is 0 Å². The molecule has 0 bridgehead atoms. The van der Waals surface area contributed by atoms with Crippen LogP contribution in [0.1, 0.15) is 59.1 Å². The van der Waals surface area contributed by atoms with Gasteiger partial charge in [0.1, 0.15) is 11.9 Å². The van der Waals surface area contributed by atoms with Gasteiger partial charge >= 0.3 is 0 Å². The van der Waals surface area contributed by atoms with E-state index in [0.29, 0.717) is 50.2 Å². The summed E-state index contributed by atoms with van der Waals surface area (Å²) in [6.07, 6.45) is 5.55. The van der Waals surface area contributed by atoms with E-state index in [4.69, 9.17) is 11.6 Å². The first-order chi connectivity index (χ1) is 18.0. The zero-order chi connectivity index (χ0) is 27.2. The summed E-state index contributed by atoms with van der Waals surface area (Å²) in [5.41, 5.74) is 9.41. The third kappa shape index (κ3) is 5.29. The van der Waals surface area contributed by atoms with Gasteiger partial charge in [-0.1, -0.05) is 44.5 Å². The number of hydrazine groups is 2. The van der Waals surface area contributed by atoms with Gasteiger partial charge in [-0.2, -0.15) is 5.26 Å². The molecule has 0 amide bonds. The van der Waals surface area contributed by atoms with Crippen LogP contribution in [0, 0.1) is 22.6 Å². The van der Waals surface area contributed by atoms with Crippen LogP contribution >= 0.6 is 11.6 Å². The topological polar surface area (TPSA) is 88.0 Å². The predicted octanol–water partition coefficient (Wildman–Crippen LogP) is 6.23. The summed E-state index contributed by atoms with van der Waals surface area (Å²) in [5, 5.41) is 19.7. The van der Waals surface area contributed by atoms with Gasteiger partial charge in [-0.05, 0) is 55.0 Å². The minimum Gasteiger partial charge on any atom is -0.380 e. The summed E-state index contributed by atoms with van der Waals surface area (Å²) in [6.45, 7) is 8.44. The molecule has 37 heavy (non-hydrogen) atoms. The molecule has 0 radical (unpaired) electrons. The number of halogens is 2. The molecule has 192 valence electrons. The smallest absolute Gasteiger partial charge is 0.123 e. The number of nitrogens with one attached hydrogen (secondary N) is 4. The molecule has 2 aliphatic rings. The van der Waals surface area contributed by atoms with Crippen LogP contribution in [0.4, 0.5) is 15.8 Å². The van der Waals surface area contributed by atoms with Gasteiger partial charge < -0.3 is 16.1 Å². The predicted molar refractivity (Wildman–Crippen MR) is 146 cm³/mol. The van der Waals surface area contributed by atoms with Crippen molar-refractivity contribution in [1.82, 2.24) is 21.0 Å². The number of fused-ring (bicyclic) bond motifs is 1. The molecule has 1 unspecified atom stereocenters. The van der Waals surface area contributed by atoms with Gasteiger partial charge in [0.25, 0.3) is 0 Å². The Balaban J connectivity index is 1.61. The average Bonchev–Trinajstić information content (AvgIpc) is 3.59.